The summed E-state index contributed by atoms with van der Waals surface area (Å²) in [6.45, 7) is 0.430. The summed E-state index contributed by atoms with van der Waals surface area (Å²) in [6, 6.07) is 17.5. The van der Waals surface area contributed by atoms with Crippen LogP contribution in [0.4, 0.5) is 0 Å². The predicted octanol–water partition coefficient (Wildman–Crippen LogP) is 2.94. The smallest absolute Gasteiger partial charge is 0.237 e. The number of amides is 1. The van der Waals surface area contributed by atoms with Crippen LogP contribution < -0.4 is 5.32 Å². The molecule has 1 N–H and O–H groups in total. The van der Waals surface area contributed by atoms with Crippen LogP contribution in [0.25, 0.3) is 0 Å². The number of hydrogen-bond donors (Lipinski definition) is 1. The quantitative estimate of drug-likeness (QED) is 0.906. The van der Waals surface area contributed by atoms with E-state index in [1.807, 2.05) is 48.5 Å². The van der Waals surface area contributed by atoms with E-state index in [-0.39, 0.29) is 11.2 Å². The highest BCUT2D eigenvalue weighted by Crippen LogP contribution is 2.36. The lowest BCUT2D eigenvalue weighted by atomic mass is 10.0. The van der Waals surface area contributed by atoms with E-state index in [1.54, 1.807) is 11.8 Å². The molecule has 1 aliphatic rings. The molecule has 2 atom stereocenters. The predicted molar refractivity (Wildman–Crippen MR) is 96.1 cm³/mol. The second-order valence-corrected chi connectivity index (χ2v) is 8.14. The van der Waals surface area contributed by atoms with Crippen molar-refractivity contribution >= 4 is 28.5 Å². The van der Waals surface area contributed by atoms with Crippen LogP contribution in [0.1, 0.15) is 16.4 Å². The third-order valence-corrected chi connectivity index (χ3v) is 6.44. The van der Waals surface area contributed by atoms with Gasteiger partial charge in [0, 0.05) is 17.2 Å². The lowest BCUT2D eigenvalue weighted by Crippen LogP contribution is -2.32. The van der Waals surface area contributed by atoms with Crippen LogP contribution in [0.2, 0.25) is 0 Å². The summed E-state index contributed by atoms with van der Waals surface area (Å²) in [4.78, 5) is 13.3. The van der Waals surface area contributed by atoms with Gasteiger partial charge in [-0.05, 0) is 35.4 Å². The fourth-order valence-corrected chi connectivity index (χ4v) is 4.86. The molecule has 0 aliphatic carbocycles. The molecule has 3 rings (SSSR count). The van der Waals surface area contributed by atoms with Crippen molar-refractivity contribution in [2.24, 2.45) is 0 Å². The van der Waals surface area contributed by atoms with Gasteiger partial charge in [0.1, 0.15) is 5.25 Å². The van der Waals surface area contributed by atoms with Gasteiger partial charge in [0.25, 0.3) is 0 Å². The molecule has 0 fully saturated rings. The van der Waals surface area contributed by atoms with E-state index in [1.165, 1.54) is 5.56 Å². The Morgan fingerprint density at radius 1 is 1.13 bits per heavy atom. The second-order valence-electron chi connectivity index (χ2n) is 5.35. The first-order valence-electron chi connectivity index (χ1n) is 7.66. The average molecular weight is 345 g/mol. The van der Waals surface area contributed by atoms with Gasteiger partial charge in [-0.3, -0.25) is 9.00 Å². The Labute approximate surface area is 143 Å². The van der Waals surface area contributed by atoms with E-state index >= 15 is 0 Å². The van der Waals surface area contributed by atoms with E-state index < -0.39 is 10.8 Å². The van der Waals surface area contributed by atoms with E-state index in [4.69, 9.17) is 0 Å². The Bertz CT molecular complexity index is 703. The number of thioether (sulfide) groups is 1. The number of carbonyl (C=O) groups excluding carboxylic acids is 1. The molecule has 5 heteroatoms. The number of hydrogen-bond acceptors (Lipinski definition) is 3. The number of fused-ring (bicyclic) bond motifs is 1. The fourth-order valence-electron chi connectivity index (χ4n) is 2.66. The highest BCUT2D eigenvalue weighted by atomic mass is 32.2. The molecule has 2 unspecified atom stereocenters. The van der Waals surface area contributed by atoms with Crippen molar-refractivity contribution in [2.45, 2.75) is 16.6 Å². The van der Waals surface area contributed by atoms with E-state index in [2.05, 4.69) is 11.4 Å². The number of carbonyl (C=O) groups is 1. The van der Waals surface area contributed by atoms with Gasteiger partial charge in [-0.15, -0.1) is 11.8 Å². The molecule has 0 spiro atoms. The van der Waals surface area contributed by atoms with Crippen molar-refractivity contribution in [3.05, 3.63) is 65.7 Å². The second kappa shape index (κ2) is 7.79. The summed E-state index contributed by atoms with van der Waals surface area (Å²) in [5.41, 5.74) is 2.38. The van der Waals surface area contributed by atoms with E-state index in [0.717, 1.165) is 22.6 Å². The highest BCUT2D eigenvalue weighted by Gasteiger charge is 2.26. The standard InChI is InChI=1S/C18H19NO2S2/c20-18(17-16-9-5-4-6-14(16)10-12-22-17)19-11-13-23(21)15-7-2-1-3-8-15/h1-9,17H,10-13H2,(H,19,20). The Hall–Kier alpha value is -1.59. The Balaban J connectivity index is 1.55. The van der Waals surface area contributed by atoms with Crippen LogP contribution >= 0.6 is 11.8 Å². The lowest BCUT2D eigenvalue weighted by Gasteiger charge is -2.24. The minimum absolute atomic E-state index is 0.0206. The van der Waals surface area contributed by atoms with Gasteiger partial charge >= 0.3 is 0 Å². The molecule has 120 valence electrons. The third kappa shape index (κ3) is 4.03. The number of nitrogens with one attached hydrogen (secondary N) is 1. The van der Waals surface area contributed by atoms with Crippen LogP contribution in [-0.2, 0) is 22.0 Å². The van der Waals surface area contributed by atoms with Crippen LogP contribution in [0.5, 0.6) is 0 Å². The maximum atomic E-state index is 12.4. The van der Waals surface area contributed by atoms with Crippen molar-refractivity contribution < 1.29 is 9.00 Å². The van der Waals surface area contributed by atoms with Crippen molar-refractivity contribution in [2.75, 3.05) is 18.1 Å². The van der Waals surface area contributed by atoms with Crippen LogP contribution in [-0.4, -0.2) is 28.2 Å². The lowest BCUT2D eigenvalue weighted by molar-refractivity contribution is -0.120. The molecule has 0 aromatic heterocycles. The maximum Gasteiger partial charge on any atom is 0.237 e. The molecule has 0 radical (unpaired) electrons. The van der Waals surface area contributed by atoms with Crippen LogP contribution in [0.15, 0.2) is 59.5 Å². The zero-order valence-electron chi connectivity index (χ0n) is 12.7. The summed E-state index contributed by atoms with van der Waals surface area (Å²) in [6.07, 6.45) is 1.02. The van der Waals surface area contributed by atoms with Crippen molar-refractivity contribution in [3.8, 4) is 0 Å². The van der Waals surface area contributed by atoms with Gasteiger partial charge in [-0.1, -0.05) is 42.5 Å². The zero-order chi connectivity index (χ0) is 16.1. The highest BCUT2D eigenvalue weighted by molar-refractivity contribution is 8.00. The van der Waals surface area contributed by atoms with Gasteiger partial charge in [-0.2, -0.15) is 0 Å². The molecular weight excluding hydrogens is 326 g/mol. The Kier molecular flexibility index (Phi) is 5.51. The Morgan fingerprint density at radius 2 is 1.87 bits per heavy atom. The molecule has 1 heterocycles. The first-order chi connectivity index (χ1) is 11.3. The summed E-state index contributed by atoms with van der Waals surface area (Å²) in [5, 5.41) is 2.79. The van der Waals surface area contributed by atoms with Gasteiger partial charge in [-0.25, -0.2) is 0 Å². The van der Waals surface area contributed by atoms with Crippen molar-refractivity contribution in [1.82, 2.24) is 5.32 Å². The normalized spacial score (nSPS) is 18.0. The molecule has 1 aliphatic heterocycles. The molecule has 0 bridgehead atoms. The monoisotopic (exact) mass is 345 g/mol. The number of aryl methyl sites for hydroxylation is 1. The van der Waals surface area contributed by atoms with Crippen LogP contribution in [0.3, 0.4) is 0 Å². The zero-order valence-corrected chi connectivity index (χ0v) is 14.4. The molecule has 23 heavy (non-hydrogen) atoms. The number of rotatable bonds is 5. The van der Waals surface area contributed by atoms with Crippen molar-refractivity contribution in [3.63, 3.8) is 0 Å². The summed E-state index contributed by atoms with van der Waals surface area (Å²) < 4.78 is 12.2. The molecule has 2 aromatic carbocycles. The van der Waals surface area contributed by atoms with Crippen molar-refractivity contribution in [1.29, 1.82) is 0 Å². The first kappa shape index (κ1) is 16.3. The summed E-state index contributed by atoms with van der Waals surface area (Å²) in [5.74, 6) is 1.42. The molecular formula is C18H19NO2S2. The Morgan fingerprint density at radius 3 is 2.70 bits per heavy atom. The third-order valence-electron chi connectivity index (χ3n) is 3.82. The van der Waals surface area contributed by atoms with Gasteiger partial charge in [0.2, 0.25) is 5.91 Å². The average Bonchev–Trinajstić information content (AvgIpc) is 2.61. The molecule has 0 saturated carbocycles. The molecule has 0 saturated heterocycles. The minimum Gasteiger partial charge on any atom is -0.354 e. The van der Waals surface area contributed by atoms with Gasteiger partial charge in [0.05, 0.1) is 10.8 Å². The topological polar surface area (TPSA) is 46.2 Å². The number of benzene rings is 2. The molecule has 1 amide bonds. The van der Waals surface area contributed by atoms with E-state index in [0.29, 0.717) is 12.3 Å². The maximum absolute atomic E-state index is 12.4. The van der Waals surface area contributed by atoms with Crippen LogP contribution in [0, 0.1) is 0 Å². The molecule has 2 aromatic rings. The summed E-state index contributed by atoms with van der Waals surface area (Å²) in [7, 11) is -1.07. The van der Waals surface area contributed by atoms with Gasteiger partial charge < -0.3 is 5.32 Å². The first-order valence-corrected chi connectivity index (χ1v) is 10.0. The van der Waals surface area contributed by atoms with E-state index in [9.17, 15) is 9.00 Å². The molecule has 3 nitrogen and oxygen atoms in total. The summed E-state index contributed by atoms with van der Waals surface area (Å²) >= 11 is 1.68. The minimum atomic E-state index is -1.07. The largest absolute Gasteiger partial charge is 0.354 e. The van der Waals surface area contributed by atoms with Gasteiger partial charge in [0.15, 0.2) is 0 Å². The fraction of sp³-hybridized carbons (Fsp3) is 0.278. The SMILES string of the molecule is O=C(NCCS(=O)c1ccccc1)C1SCCc2ccccc21.